The Bertz CT molecular complexity index is 577. The van der Waals surface area contributed by atoms with Crippen LogP contribution in [-0.4, -0.2) is 50.8 Å². The van der Waals surface area contributed by atoms with Crippen molar-refractivity contribution in [2.45, 2.75) is 51.6 Å². The largest absolute Gasteiger partial charge is 0.379 e. The van der Waals surface area contributed by atoms with Crippen LogP contribution in [0, 0.1) is 5.92 Å². The van der Waals surface area contributed by atoms with Crippen LogP contribution in [0.15, 0.2) is 29.3 Å². The summed E-state index contributed by atoms with van der Waals surface area (Å²) in [6, 6.07) is 8.86. The molecule has 5 heteroatoms. The lowest BCUT2D eigenvalue weighted by molar-refractivity contribution is 0.0342. The SMILES string of the molecule is CN=C(NCCCC1CCCC1)NCc1cccc(CN2CCOCC2)c1. The molecule has 0 radical (unpaired) electrons. The zero-order valence-electron chi connectivity index (χ0n) is 16.9. The Morgan fingerprint density at radius 2 is 1.93 bits per heavy atom. The van der Waals surface area contributed by atoms with Crippen molar-refractivity contribution in [2.75, 3.05) is 39.9 Å². The van der Waals surface area contributed by atoms with Gasteiger partial charge in [0.05, 0.1) is 13.2 Å². The summed E-state index contributed by atoms with van der Waals surface area (Å²) in [5.74, 6) is 1.87. The normalized spacial score (nSPS) is 19.4. The van der Waals surface area contributed by atoms with Crippen LogP contribution in [0.4, 0.5) is 0 Å². The predicted octanol–water partition coefficient (Wildman–Crippen LogP) is 3.15. The molecule has 1 aromatic rings. The number of hydrogen-bond donors (Lipinski definition) is 2. The quantitative estimate of drug-likeness (QED) is 0.418. The van der Waals surface area contributed by atoms with E-state index in [4.69, 9.17) is 4.74 Å². The Labute approximate surface area is 164 Å². The van der Waals surface area contributed by atoms with Crippen molar-refractivity contribution in [3.05, 3.63) is 35.4 Å². The number of aliphatic imine (C=N–C) groups is 1. The van der Waals surface area contributed by atoms with Gasteiger partial charge < -0.3 is 15.4 Å². The molecule has 2 aliphatic rings. The number of hydrogen-bond acceptors (Lipinski definition) is 3. The fraction of sp³-hybridized carbons (Fsp3) is 0.682. The number of rotatable bonds is 8. The first kappa shape index (κ1) is 20.2. The maximum absolute atomic E-state index is 5.44. The standard InChI is InChI=1S/C22H36N4O/c1-23-22(24-11-5-10-19-6-2-3-7-19)25-17-20-8-4-9-21(16-20)18-26-12-14-27-15-13-26/h4,8-9,16,19H,2-3,5-7,10-15,17-18H2,1H3,(H2,23,24,25). The lowest BCUT2D eigenvalue weighted by atomic mass is 10.0. The molecule has 1 aliphatic carbocycles. The van der Waals surface area contributed by atoms with Crippen LogP contribution < -0.4 is 10.6 Å². The lowest BCUT2D eigenvalue weighted by Gasteiger charge is -2.26. The lowest BCUT2D eigenvalue weighted by Crippen LogP contribution is -2.37. The van der Waals surface area contributed by atoms with Gasteiger partial charge in [-0.1, -0.05) is 49.9 Å². The second-order valence-corrected chi connectivity index (χ2v) is 7.85. The molecule has 0 amide bonds. The van der Waals surface area contributed by atoms with E-state index in [0.717, 1.165) is 57.8 Å². The summed E-state index contributed by atoms with van der Waals surface area (Å²) in [5, 5.41) is 6.91. The fourth-order valence-corrected chi connectivity index (χ4v) is 4.16. The fourth-order valence-electron chi connectivity index (χ4n) is 4.16. The van der Waals surface area contributed by atoms with Crippen LogP contribution in [0.1, 0.15) is 49.7 Å². The number of benzene rings is 1. The molecular weight excluding hydrogens is 336 g/mol. The van der Waals surface area contributed by atoms with Crippen LogP contribution in [-0.2, 0) is 17.8 Å². The van der Waals surface area contributed by atoms with E-state index in [1.807, 2.05) is 7.05 Å². The number of morpholine rings is 1. The molecule has 2 N–H and O–H groups in total. The number of ether oxygens (including phenoxy) is 1. The van der Waals surface area contributed by atoms with Gasteiger partial charge in [-0.3, -0.25) is 9.89 Å². The van der Waals surface area contributed by atoms with Gasteiger partial charge in [-0.15, -0.1) is 0 Å². The summed E-state index contributed by atoms with van der Waals surface area (Å²) in [6.07, 6.45) is 8.34. The minimum atomic E-state index is 0.805. The molecule has 0 bridgehead atoms. The van der Waals surface area contributed by atoms with Crippen LogP contribution in [0.3, 0.4) is 0 Å². The molecule has 1 aromatic carbocycles. The molecular formula is C22H36N4O. The molecule has 1 saturated heterocycles. The number of nitrogens with zero attached hydrogens (tertiary/aromatic N) is 2. The molecule has 0 spiro atoms. The van der Waals surface area contributed by atoms with E-state index in [1.165, 1.54) is 49.7 Å². The average molecular weight is 373 g/mol. The van der Waals surface area contributed by atoms with Crippen molar-refractivity contribution in [2.24, 2.45) is 10.9 Å². The van der Waals surface area contributed by atoms with E-state index in [2.05, 4.69) is 44.8 Å². The molecule has 0 unspecified atom stereocenters. The highest BCUT2D eigenvalue weighted by Gasteiger charge is 2.14. The number of nitrogens with one attached hydrogen (secondary N) is 2. The highest BCUT2D eigenvalue weighted by Crippen LogP contribution is 2.28. The van der Waals surface area contributed by atoms with Crippen LogP contribution in [0.25, 0.3) is 0 Å². The van der Waals surface area contributed by atoms with Gasteiger partial charge in [-0.05, 0) is 29.9 Å². The monoisotopic (exact) mass is 372 g/mol. The minimum Gasteiger partial charge on any atom is -0.379 e. The Hall–Kier alpha value is -1.59. The van der Waals surface area contributed by atoms with Gasteiger partial charge in [0.25, 0.3) is 0 Å². The van der Waals surface area contributed by atoms with Gasteiger partial charge in [0.1, 0.15) is 0 Å². The van der Waals surface area contributed by atoms with Gasteiger partial charge in [0.2, 0.25) is 0 Å². The van der Waals surface area contributed by atoms with E-state index in [0.29, 0.717) is 0 Å². The van der Waals surface area contributed by atoms with Gasteiger partial charge in [0, 0.05) is 39.8 Å². The van der Waals surface area contributed by atoms with Gasteiger partial charge in [-0.2, -0.15) is 0 Å². The van der Waals surface area contributed by atoms with E-state index in [1.54, 1.807) is 0 Å². The third kappa shape index (κ3) is 7.15. The summed E-state index contributed by atoms with van der Waals surface area (Å²) >= 11 is 0. The first-order chi connectivity index (χ1) is 13.3. The molecule has 27 heavy (non-hydrogen) atoms. The Morgan fingerprint density at radius 1 is 1.15 bits per heavy atom. The molecule has 1 heterocycles. The molecule has 150 valence electrons. The maximum Gasteiger partial charge on any atom is 0.191 e. The third-order valence-corrected chi connectivity index (χ3v) is 5.74. The highest BCUT2D eigenvalue weighted by atomic mass is 16.5. The predicted molar refractivity (Wildman–Crippen MR) is 112 cm³/mol. The summed E-state index contributed by atoms with van der Waals surface area (Å²) in [7, 11) is 1.85. The topological polar surface area (TPSA) is 48.9 Å². The van der Waals surface area contributed by atoms with Gasteiger partial charge >= 0.3 is 0 Å². The summed E-state index contributed by atoms with van der Waals surface area (Å²) in [6.45, 7) is 6.57. The summed E-state index contributed by atoms with van der Waals surface area (Å²) in [5.41, 5.74) is 2.67. The zero-order valence-corrected chi connectivity index (χ0v) is 16.9. The van der Waals surface area contributed by atoms with E-state index in [9.17, 15) is 0 Å². The maximum atomic E-state index is 5.44. The van der Waals surface area contributed by atoms with Crippen LogP contribution in [0.5, 0.6) is 0 Å². The smallest absolute Gasteiger partial charge is 0.191 e. The summed E-state index contributed by atoms with van der Waals surface area (Å²) < 4.78 is 5.44. The zero-order chi connectivity index (χ0) is 18.7. The second-order valence-electron chi connectivity index (χ2n) is 7.85. The Kier molecular flexibility index (Phi) is 8.43. The Balaban J connectivity index is 1.37. The van der Waals surface area contributed by atoms with Gasteiger partial charge in [-0.25, -0.2) is 0 Å². The second kappa shape index (κ2) is 11.3. The van der Waals surface area contributed by atoms with Crippen molar-refractivity contribution in [3.8, 4) is 0 Å². The van der Waals surface area contributed by atoms with Crippen LogP contribution in [0.2, 0.25) is 0 Å². The third-order valence-electron chi connectivity index (χ3n) is 5.74. The average Bonchev–Trinajstić information content (AvgIpc) is 3.22. The van der Waals surface area contributed by atoms with Crippen molar-refractivity contribution in [1.82, 2.24) is 15.5 Å². The van der Waals surface area contributed by atoms with E-state index in [-0.39, 0.29) is 0 Å². The van der Waals surface area contributed by atoms with E-state index < -0.39 is 0 Å². The highest BCUT2D eigenvalue weighted by molar-refractivity contribution is 5.79. The first-order valence-corrected chi connectivity index (χ1v) is 10.7. The van der Waals surface area contributed by atoms with Crippen molar-refractivity contribution >= 4 is 5.96 Å². The van der Waals surface area contributed by atoms with Crippen molar-refractivity contribution < 1.29 is 4.74 Å². The van der Waals surface area contributed by atoms with E-state index >= 15 is 0 Å². The molecule has 0 aromatic heterocycles. The molecule has 3 rings (SSSR count). The summed E-state index contributed by atoms with van der Waals surface area (Å²) in [4.78, 5) is 6.82. The first-order valence-electron chi connectivity index (χ1n) is 10.7. The molecule has 2 fully saturated rings. The Morgan fingerprint density at radius 3 is 2.70 bits per heavy atom. The minimum absolute atomic E-state index is 0.805. The molecule has 0 atom stereocenters. The molecule has 5 nitrogen and oxygen atoms in total. The van der Waals surface area contributed by atoms with Crippen LogP contribution >= 0.6 is 0 Å². The van der Waals surface area contributed by atoms with Crippen molar-refractivity contribution in [1.29, 1.82) is 0 Å². The molecule has 1 aliphatic heterocycles. The van der Waals surface area contributed by atoms with Crippen molar-refractivity contribution in [3.63, 3.8) is 0 Å². The molecule has 1 saturated carbocycles. The number of guanidine groups is 1. The van der Waals surface area contributed by atoms with Gasteiger partial charge in [0.15, 0.2) is 5.96 Å².